The van der Waals surface area contributed by atoms with Crippen molar-refractivity contribution in [2.45, 2.75) is 51.2 Å². The average molecular weight is 254 g/mol. The summed E-state index contributed by atoms with van der Waals surface area (Å²) < 4.78 is 0. The zero-order valence-corrected chi connectivity index (χ0v) is 11.6. The first-order chi connectivity index (χ1) is 8.07. The molecule has 0 spiro atoms. The molecule has 1 heterocycles. The van der Waals surface area contributed by atoms with Gasteiger partial charge >= 0.3 is 0 Å². The maximum absolute atomic E-state index is 10.5. The van der Waals surface area contributed by atoms with Crippen LogP contribution in [0.15, 0.2) is 5.38 Å². The molecule has 0 atom stereocenters. The molecule has 0 saturated heterocycles. The Morgan fingerprint density at radius 3 is 2.71 bits per heavy atom. The first-order valence-corrected chi connectivity index (χ1v) is 7.27. The van der Waals surface area contributed by atoms with Gasteiger partial charge in [0, 0.05) is 17.6 Å². The van der Waals surface area contributed by atoms with E-state index in [2.05, 4.69) is 22.3 Å². The van der Waals surface area contributed by atoms with E-state index in [0.29, 0.717) is 0 Å². The zero-order valence-electron chi connectivity index (χ0n) is 10.8. The smallest absolute Gasteiger partial charge is 0.107 e. The molecular weight excluding hydrogens is 232 g/mol. The molecular formula is C13H22N2OS. The van der Waals surface area contributed by atoms with Gasteiger partial charge in [0.05, 0.1) is 12.1 Å². The van der Waals surface area contributed by atoms with Crippen LogP contribution in [0.4, 0.5) is 0 Å². The fourth-order valence-electron chi connectivity index (χ4n) is 2.63. The molecule has 1 fully saturated rings. The third kappa shape index (κ3) is 3.76. The Bertz CT molecular complexity index is 358. The number of hydrogen-bond donors (Lipinski definition) is 1. The van der Waals surface area contributed by atoms with Crippen LogP contribution in [0, 0.1) is 6.92 Å². The highest BCUT2D eigenvalue weighted by molar-refractivity contribution is 7.09. The highest BCUT2D eigenvalue weighted by Gasteiger charge is 2.30. The molecule has 1 N–H and O–H groups in total. The van der Waals surface area contributed by atoms with Crippen LogP contribution in [-0.4, -0.2) is 34.2 Å². The van der Waals surface area contributed by atoms with Gasteiger partial charge < -0.3 is 5.11 Å². The predicted molar refractivity (Wildman–Crippen MR) is 71.2 cm³/mol. The van der Waals surface area contributed by atoms with Crippen LogP contribution < -0.4 is 0 Å². The molecule has 0 aromatic carbocycles. The van der Waals surface area contributed by atoms with Gasteiger partial charge in [-0.1, -0.05) is 19.3 Å². The van der Waals surface area contributed by atoms with E-state index < -0.39 is 5.60 Å². The molecule has 0 unspecified atom stereocenters. The van der Waals surface area contributed by atoms with Crippen molar-refractivity contribution < 1.29 is 5.11 Å². The minimum atomic E-state index is -0.459. The van der Waals surface area contributed by atoms with Crippen LogP contribution in [-0.2, 0) is 6.54 Å². The zero-order chi connectivity index (χ0) is 12.3. The topological polar surface area (TPSA) is 36.4 Å². The summed E-state index contributed by atoms with van der Waals surface area (Å²) in [5, 5.41) is 13.7. The Kier molecular flexibility index (Phi) is 4.17. The fraction of sp³-hybridized carbons (Fsp3) is 0.769. The summed E-state index contributed by atoms with van der Waals surface area (Å²) in [5.74, 6) is 0. The Morgan fingerprint density at radius 1 is 1.41 bits per heavy atom. The number of nitrogens with zero attached hydrogens (tertiary/aromatic N) is 2. The number of hydrogen-bond acceptors (Lipinski definition) is 4. The molecule has 0 aliphatic heterocycles. The van der Waals surface area contributed by atoms with Crippen LogP contribution in [0.25, 0.3) is 0 Å². The number of aryl methyl sites for hydroxylation is 1. The standard InChI is InChI=1S/C13H22N2OS/c1-11-9-17-12(14-11)8-15(2)10-13(16)6-4-3-5-7-13/h9,16H,3-8,10H2,1-2H3. The minimum absolute atomic E-state index is 0.459. The summed E-state index contributed by atoms with van der Waals surface area (Å²) in [4.78, 5) is 6.66. The number of thiazole rings is 1. The summed E-state index contributed by atoms with van der Waals surface area (Å²) in [6, 6.07) is 0. The Morgan fingerprint density at radius 2 is 2.12 bits per heavy atom. The van der Waals surface area contributed by atoms with Crippen molar-refractivity contribution in [3.63, 3.8) is 0 Å². The summed E-state index contributed by atoms with van der Waals surface area (Å²) in [7, 11) is 2.07. The van der Waals surface area contributed by atoms with E-state index in [1.807, 2.05) is 6.92 Å². The lowest BCUT2D eigenvalue weighted by atomic mass is 9.84. The van der Waals surface area contributed by atoms with Crippen molar-refractivity contribution in [2.24, 2.45) is 0 Å². The summed E-state index contributed by atoms with van der Waals surface area (Å²) in [6.07, 6.45) is 5.52. The molecule has 1 saturated carbocycles. The Labute approximate surface area is 107 Å². The van der Waals surface area contributed by atoms with Crippen molar-refractivity contribution in [3.8, 4) is 0 Å². The molecule has 1 aliphatic carbocycles. The molecule has 17 heavy (non-hydrogen) atoms. The van der Waals surface area contributed by atoms with E-state index in [1.54, 1.807) is 11.3 Å². The quantitative estimate of drug-likeness (QED) is 0.897. The Balaban J connectivity index is 1.85. The van der Waals surface area contributed by atoms with Gasteiger partial charge in [-0.2, -0.15) is 0 Å². The Hall–Kier alpha value is -0.450. The highest BCUT2D eigenvalue weighted by Crippen LogP contribution is 2.28. The maximum Gasteiger partial charge on any atom is 0.107 e. The van der Waals surface area contributed by atoms with Gasteiger partial charge in [-0.15, -0.1) is 11.3 Å². The lowest BCUT2D eigenvalue weighted by molar-refractivity contribution is -0.0223. The number of aromatic nitrogens is 1. The minimum Gasteiger partial charge on any atom is -0.389 e. The van der Waals surface area contributed by atoms with E-state index in [-0.39, 0.29) is 0 Å². The molecule has 1 aliphatic rings. The largest absolute Gasteiger partial charge is 0.389 e. The molecule has 1 aromatic heterocycles. The highest BCUT2D eigenvalue weighted by atomic mass is 32.1. The lowest BCUT2D eigenvalue weighted by Crippen LogP contribution is -2.42. The molecule has 2 rings (SSSR count). The van der Waals surface area contributed by atoms with E-state index in [9.17, 15) is 5.11 Å². The fourth-order valence-corrected chi connectivity index (χ4v) is 3.48. The van der Waals surface area contributed by atoms with E-state index in [0.717, 1.165) is 36.6 Å². The summed E-state index contributed by atoms with van der Waals surface area (Å²) >= 11 is 1.70. The van der Waals surface area contributed by atoms with Crippen LogP contribution in [0.3, 0.4) is 0 Å². The molecule has 1 aromatic rings. The average Bonchev–Trinajstić information content (AvgIpc) is 2.63. The molecule has 3 nitrogen and oxygen atoms in total. The van der Waals surface area contributed by atoms with Gasteiger partial charge in [0.1, 0.15) is 5.01 Å². The molecule has 4 heteroatoms. The number of likely N-dealkylation sites (N-methyl/N-ethyl adjacent to an activating group) is 1. The SMILES string of the molecule is Cc1csc(CN(C)CC2(O)CCCCC2)n1. The monoisotopic (exact) mass is 254 g/mol. The van der Waals surface area contributed by atoms with Crippen LogP contribution in [0.5, 0.6) is 0 Å². The third-order valence-corrected chi connectivity index (χ3v) is 4.37. The van der Waals surface area contributed by atoms with Crippen molar-refractivity contribution >= 4 is 11.3 Å². The van der Waals surface area contributed by atoms with Crippen molar-refractivity contribution in [2.75, 3.05) is 13.6 Å². The van der Waals surface area contributed by atoms with Crippen LogP contribution in [0.1, 0.15) is 42.8 Å². The van der Waals surface area contributed by atoms with Gasteiger partial charge in [-0.3, -0.25) is 4.90 Å². The van der Waals surface area contributed by atoms with Gasteiger partial charge in [-0.05, 0) is 26.8 Å². The summed E-state index contributed by atoms with van der Waals surface area (Å²) in [5.41, 5.74) is 0.633. The van der Waals surface area contributed by atoms with Crippen molar-refractivity contribution in [1.82, 2.24) is 9.88 Å². The van der Waals surface area contributed by atoms with Crippen molar-refractivity contribution in [1.29, 1.82) is 0 Å². The third-order valence-electron chi connectivity index (χ3n) is 3.42. The molecule has 0 bridgehead atoms. The maximum atomic E-state index is 10.5. The number of rotatable bonds is 4. The van der Waals surface area contributed by atoms with Gasteiger partial charge in [0.25, 0.3) is 0 Å². The first-order valence-electron chi connectivity index (χ1n) is 6.39. The second-order valence-electron chi connectivity index (χ2n) is 5.34. The van der Waals surface area contributed by atoms with Gasteiger partial charge in [0.15, 0.2) is 0 Å². The molecule has 0 amide bonds. The first kappa shape index (κ1) is 13.0. The van der Waals surface area contributed by atoms with Crippen LogP contribution in [0.2, 0.25) is 0 Å². The van der Waals surface area contributed by atoms with Crippen LogP contribution >= 0.6 is 11.3 Å². The number of aliphatic hydroxyl groups is 1. The predicted octanol–water partition coefficient (Wildman–Crippen LogP) is 2.58. The lowest BCUT2D eigenvalue weighted by Gasteiger charge is -2.35. The normalized spacial score (nSPS) is 19.8. The second-order valence-corrected chi connectivity index (χ2v) is 6.28. The van der Waals surface area contributed by atoms with Crippen molar-refractivity contribution in [3.05, 3.63) is 16.1 Å². The van der Waals surface area contributed by atoms with Gasteiger partial charge in [-0.25, -0.2) is 4.98 Å². The van der Waals surface area contributed by atoms with E-state index >= 15 is 0 Å². The second kappa shape index (κ2) is 5.46. The van der Waals surface area contributed by atoms with Gasteiger partial charge in [0.2, 0.25) is 0 Å². The molecule has 0 radical (unpaired) electrons. The van der Waals surface area contributed by atoms with E-state index in [4.69, 9.17) is 0 Å². The summed E-state index contributed by atoms with van der Waals surface area (Å²) in [6.45, 7) is 3.64. The van der Waals surface area contributed by atoms with E-state index in [1.165, 1.54) is 19.3 Å². The molecule has 96 valence electrons.